The minimum atomic E-state index is 0.243. The van der Waals surface area contributed by atoms with E-state index in [1.54, 1.807) is 12.4 Å². The number of piperidine rings is 1. The van der Waals surface area contributed by atoms with Gasteiger partial charge in [0, 0.05) is 57.1 Å². The van der Waals surface area contributed by atoms with Crippen LogP contribution in [0.5, 0.6) is 0 Å². The average Bonchev–Trinajstić information content (AvgIpc) is 3.18. The molecule has 0 aliphatic carbocycles. The minimum Gasteiger partial charge on any atom is -0.381 e. The van der Waals surface area contributed by atoms with Gasteiger partial charge in [-0.3, -0.25) is 9.78 Å². The fraction of sp³-hybridized carbons (Fsp3) is 0.600. The maximum atomic E-state index is 12.7. The summed E-state index contributed by atoms with van der Waals surface area (Å²) in [4.78, 5) is 23.2. The van der Waals surface area contributed by atoms with E-state index in [0.29, 0.717) is 24.6 Å². The Morgan fingerprint density at radius 2 is 2.15 bits per heavy atom. The highest BCUT2D eigenvalue weighted by Crippen LogP contribution is 2.39. The van der Waals surface area contributed by atoms with Crippen molar-refractivity contribution in [3.05, 3.63) is 30.4 Å². The van der Waals surface area contributed by atoms with Crippen molar-refractivity contribution in [2.24, 2.45) is 5.41 Å². The maximum absolute atomic E-state index is 12.7. The Morgan fingerprint density at radius 3 is 2.96 bits per heavy atom. The van der Waals surface area contributed by atoms with E-state index in [-0.39, 0.29) is 11.3 Å². The van der Waals surface area contributed by atoms with E-state index < -0.39 is 0 Å². The molecular weight excluding hydrogens is 344 g/mol. The Hall–Kier alpha value is -2.28. The van der Waals surface area contributed by atoms with Gasteiger partial charge in [-0.15, -0.1) is 0 Å². The van der Waals surface area contributed by atoms with Crippen LogP contribution in [0.3, 0.4) is 0 Å². The molecule has 2 aromatic rings. The van der Waals surface area contributed by atoms with Gasteiger partial charge in [-0.25, -0.2) is 0 Å². The van der Waals surface area contributed by atoms with Crippen molar-refractivity contribution in [2.45, 2.75) is 44.9 Å². The molecule has 0 bridgehead atoms. The fourth-order valence-electron chi connectivity index (χ4n) is 4.15. The topological polar surface area (TPSA) is 81.3 Å². The van der Waals surface area contributed by atoms with E-state index in [0.717, 1.165) is 57.6 Å². The summed E-state index contributed by atoms with van der Waals surface area (Å²) in [6.07, 6.45) is 9.76. The van der Waals surface area contributed by atoms with Crippen LogP contribution in [0.25, 0.3) is 11.4 Å². The van der Waals surface area contributed by atoms with Gasteiger partial charge >= 0.3 is 0 Å². The molecule has 2 fully saturated rings. The molecule has 0 radical (unpaired) electrons. The third-order valence-corrected chi connectivity index (χ3v) is 5.74. The molecule has 2 aliphatic rings. The van der Waals surface area contributed by atoms with Gasteiger partial charge in [0.15, 0.2) is 0 Å². The van der Waals surface area contributed by atoms with Gasteiger partial charge in [0.25, 0.3) is 0 Å². The van der Waals surface area contributed by atoms with Gasteiger partial charge in [-0.2, -0.15) is 4.98 Å². The molecule has 0 atom stereocenters. The van der Waals surface area contributed by atoms with Crippen molar-refractivity contribution in [3.63, 3.8) is 0 Å². The first-order valence-corrected chi connectivity index (χ1v) is 9.83. The zero-order valence-corrected chi connectivity index (χ0v) is 15.6. The highest BCUT2D eigenvalue weighted by Gasteiger charge is 2.38. The van der Waals surface area contributed by atoms with Crippen molar-refractivity contribution in [2.75, 3.05) is 26.3 Å². The predicted molar refractivity (Wildman–Crippen MR) is 98.8 cm³/mol. The van der Waals surface area contributed by atoms with Gasteiger partial charge in [0.1, 0.15) is 0 Å². The molecule has 27 heavy (non-hydrogen) atoms. The minimum absolute atomic E-state index is 0.243. The van der Waals surface area contributed by atoms with Crippen LogP contribution in [0.15, 0.2) is 29.0 Å². The van der Waals surface area contributed by atoms with Crippen LogP contribution in [0, 0.1) is 5.41 Å². The van der Waals surface area contributed by atoms with Crippen LogP contribution in [0.4, 0.5) is 0 Å². The number of aryl methyl sites for hydroxylation is 1. The molecule has 0 saturated carbocycles. The highest BCUT2D eigenvalue weighted by molar-refractivity contribution is 5.76. The number of rotatable bonds is 5. The van der Waals surface area contributed by atoms with Gasteiger partial charge in [-0.1, -0.05) is 5.16 Å². The summed E-state index contributed by atoms with van der Waals surface area (Å²) in [6.45, 7) is 3.44. The average molecular weight is 370 g/mol. The summed E-state index contributed by atoms with van der Waals surface area (Å²) in [5, 5.41) is 4.00. The fourth-order valence-corrected chi connectivity index (χ4v) is 4.15. The van der Waals surface area contributed by atoms with Gasteiger partial charge in [0.05, 0.1) is 0 Å². The van der Waals surface area contributed by atoms with E-state index in [9.17, 15) is 4.79 Å². The second-order valence-electron chi connectivity index (χ2n) is 7.64. The monoisotopic (exact) mass is 370 g/mol. The molecular formula is C20H26N4O3. The summed E-state index contributed by atoms with van der Waals surface area (Å²) in [5.74, 6) is 1.36. The molecule has 2 aromatic heterocycles. The van der Waals surface area contributed by atoms with Crippen molar-refractivity contribution in [3.8, 4) is 11.4 Å². The Morgan fingerprint density at radius 1 is 1.26 bits per heavy atom. The molecule has 7 nitrogen and oxygen atoms in total. The smallest absolute Gasteiger partial charge is 0.226 e. The van der Waals surface area contributed by atoms with E-state index in [4.69, 9.17) is 9.26 Å². The molecule has 7 heteroatoms. The lowest BCUT2D eigenvalue weighted by Gasteiger charge is -2.45. The first kappa shape index (κ1) is 18.1. The largest absolute Gasteiger partial charge is 0.381 e. The summed E-state index contributed by atoms with van der Waals surface area (Å²) < 4.78 is 10.8. The molecule has 1 amide bonds. The van der Waals surface area contributed by atoms with E-state index in [1.807, 2.05) is 12.1 Å². The maximum Gasteiger partial charge on any atom is 0.226 e. The molecule has 2 saturated heterocycles. The SMILES string of the molecule is O=C(CCCc1nc(-c2cccnc2)no1)N1CCCC2(CCOCC2)C1. The highest BCUT2D eigenvalue weighted by atomic mass is 16.5. The Balaban J connectivity index is 1.27. The number of nitrogens with zero attached hydrogens (tertiary/aromatic N) is 4. The van der Waals surface area contributed by atoms with Crippen LogP contribution in [-0.4, -0.2) is 52.2 Å². The lowest BCUT2D eigenvalue weighted by molar-refractivity contribution is -0.137. The Bertz CT molecular complexity index is 750. The third-order valence-electron chi connectivity index (χ3n) is 5.74. The van der Waals surface area contributed by atoms with Gasteiger partial charge < -0.3 is 14.2 Å². The summed E-state index contributed by atoms with van der Waals surface area (Å²) >= 11 is 0. The summed E-state index contributed by atoms with van der Waals surface area (Å²) in [6, 6.07) is 3.74. The number of hydrogen-bond donors (Lipinski definition) is 0. The van der Waals surface area contributed by atoms with Crippen LogP contribution >= 0.6 is 0 Å². The quantitative estimate of drug-likeness (QED) is 0.805. The van der Waals surface area contributed by atoms with Crippen LogP contribution in [0.2, 0.25) is 0 Å². The van der Waals surface area contributed by atoms with E-state index >= 15 is 0 Å². The molecule has 0 aromatic carbocycles. The van der Waals surface area contributed by atoms with Crippen LogP contribution in [-0.2, 0) is 16.0 Å². The third kappa shape index (κ3) is 4.35. The van der Waals surface area contributed by atoms with E-state index in [1.165, 1.54) is 6.42 Å². The molecule has 1 spiro atoms. The molecule has 0 unspecified atom stereocenters. The lowest BCUT2D eigenvalue weighted by atomic mass is 9.74. The molecule has 0 N–H and O–H groups in total. The zero-order valence-electron chi connectivity index (χ0n) is 15.6. The summed E-state index contributed by atoms with van der Waals surface area (Å²) in [5.41, 5.74) is 1.12. The normalized spacial score (nSPS) is 19.3. The number of likely N-dealkylation sites (tertiary alicyclic amines) is 1. The van der Waals surface area contributed by atoms with Crippen molar-refractivity contribution in [1.82, 2.24) is 20.0 Å². The van der Waals surface area contributed by atoms with Gasteiger partial charge in [-0.05, 0) is 49.7 Å². The molecule has 144 valence electrons. The Labute approximate surface area is 159 Å². The van der Waals surface area contributed by atoms with Crippen molar-refractivity contribution >= 4 is 5.91 Å². The van der Waals surface area contributed by atoms with Crippen molar-refractivity contribution in [1.29, 1.82) is 0 Å². The van der Waals surface area contributed by atoms with Crippen LogP contribution in [0.1, 0.15) is 44.4 Å². The first-order chi connectivity index (χ1) is 13.2. The van der Waals surface area contributed by atoms with Crippen molar-refractivity contribution < 1.29 is 14.1 Å². The number of aromatic nitrogens is 3. The van der Waals surface area contributed by atoms with Crippen LogP contribution < -0.4 is 0 Å². The van der Waals surface area contributed by atoms with Gasteiger partial charge in [0.2, 0.25) is 17.6 Å². The second kappa shape index (κ2) is 8.17. The Kier molecular flexibility index (Phi) is 5.48. The standard InChI is InChI=1S/C20H26N4O3/c25-18(24-11-3-7-20(15-24)8-12-26-13-9-20)6-1-5-17-22-19(23-27-17)16-4-2-10-21-14-16/h2,4,10,14H,1,3,5-9,11-13,15H2. The molecule has 2 aliphatic heterocycles. The lowest BCUT2D eigenvalue weighted by Crippen LogP contribution is -2.48. The summed E-state index contributed by atoms with van der Waals surface area (Å²) in [7, 11) is 0. The predicted octanol–water partition coefficient (Wildman–Crippen LogP) is 2.87. The zero-order chi connectivity index (χ0) is 18.5. The number of ether oxygens (including phenoxy) is 1. The first-order valence-electron chi connectivity index (χ1n) is 9.83. The second-order valence-corrected chi connectivity index (χ2v) is 7.64. The number of carbonyl (C=O) groups excluding carboxylic acids is 1. The number of carbonyl (C=O) groups is 1. The molecule has 4 heterocycles. The van der Waals surface area contributed by atoms with E-state index in [2.05, 4.69) is 20.0 Å². The molecule has 4 rings (SSSR count). The number of pyridine rings is 1. The number of amides is 1. The number of hydrogen-bond acceptors (Lipinski definition) is 6.